The number of para-hydroxylation sites is 2. The summed E-state index contributed by atoms with van der Waals surface area (Å²) in [4.78, 5) is 4.11. The maximum atomic E-state index is 12.3. The van der Waals surface area contributed by atoms with Crippen LogP contribution in [0.15, 0.2) is 58.4 Å². The third-order valence-electron chi connectivity index (χ3n) is 2.78. The predicted octanol–water partition coefficient (Wildman–Crippen LogP) is 2.99. The van der Waals surface area contributed by atoms with Crippen molar-refractivity contribution in [3.63, 3.8) is 0 Å². The highest BCUT2D eigenvalue weighted by atomic mass is 35.5. The van der Waals surface area contributed by atoms with Crippen molar-refractivity contribution < 1.29 is 12.6 Å². The lowest BCUT2D eigenvalue weighted by Crippen LogP contribution is -2.13. The molecule has 0 saturated heterocycles. The van der Waals surface area contributed by atoms with Crippen molar-refractivity contribution in [2.45, 2.75) is 11.8 Å². The van der Waals surface area contributed by atoms with Gasteiger partial charge in [-0.2, -0.15) is 8.42 Å². The van der Waals surface area contributed by atoms with Gasteiger partial charge in [-0.3, -0.25) is 0 Å². The first-order chi connectivity index (χ1) is 10.4. The van der Waals surface area contributed by atoms with E-state index >= 15 is 0 Å². The largest absolute Gasteiger partial charge is 0.386 e. The van der Waals surface area contributed by atoms with Gasteiger partial charge in [0.05, 0.1) is 5.88 Å². The summed E-state index contributed by atoms with van der Waals surface area (Å²) in [5.74, 6) is 0.306. The number of nitrogens with two attached hydrogens (primary N) is 1. The first kappa shape index (κ1) is 16.3. The Morgan fingerprint density at radius 2 is 1.82 bits per heavy atom. The molecule has 0 aliphatic heterocycles. The van der Waals surface area contributed by atoms with Gasteiger partial charge in [-0.1, -0.05) is 29.8 Å². The number of benzene rings is 2. The van der Waals surface area contributed by atoms with Crippen molar-refractivity contribution in [3.05, 3.63) is 54.1 Å². The SMILES string of the molecule is Cc1ccc(S(=O)(=O)Oc2ccccc2N=C(N)CCl)cc1. The molecule has 22 heavy (non-hydrogen) atoms. The Labute approximate surface area is 134 Å². The lowest BCUT2D eigenvalue weighted by Gasteiger charge is -2.09. The van der Waals surface area contributed by atoms with Gasteiger partial charge in [0.1, 0.15) is 16.4 Å². The minimum Gasteiger partial charge on any atom is -0.386 e. The zero-order chi connectivity index (χ0) is 16.2. The van der Waals surface area contributed by atoms with Crippen molar-refractivity contribution in [3.8, 4) is 5.75 Å². The molecule has 0 fully saturated rings. The van der Waals surface area contributed by atoms with Crippen LogP contribution in [0.1, 0.15) is 5.56 Å². The van der Waals surface area contributed by atoms with Gasteiger partial charge < -0.3 is 9.92 Å². The molecular weight excluding hydrogens is 324 g/mol. The molecule has 2 rings (SSSR count). The van der Waals surface area contributed by atoms with Gasteiger partial charge >= 0.3 is 10.1 Å². The number of alkyl halides is 1. The fourth-order valence-electron chi connectivity index (χ4n) is 1.68. The van der Waals surface area contributed by atoms with Gasteiger partial charge in [-0.15, -0.1) is 11.6 Å². The zero-order valence-electron chi connectivity index (χ0n) is 11.9. The summed E-state index contributed by atoms with van der Waals surface area (Å²) in [6.07, 6.45) is 0. The second kappa shape index (κ2) is 6.81. The molecule has 0 heterocycles. The number of amidine groups is 1. The second-order valence-electron chi connectivity index (χ2n) is 4.56. The van der Waals surface area contributed by atoms with Crippen LogP contribution in [0.4, 0.5) is 5.69 Å². The summed E-state index contributed by atoms with van der Waals surface area (Å²) in [5, 5.41) is 0. The van der Waals surface area contributed by atoms with Crippen LogP contribution in [-0.2, 0) is 10.1 Å². The molecule has 0 spiro atoms. The van der Waals surface area contributed by atoms with Gasteiger partial charge in [-0.05, 0) is 31.2 Å². The number of hydrogen-bond acceptors (Lipinski definition) is 4. The van der Waals surface area contributed by atoms with E-state index in [4.69, 9.17) is 21.5 Å². The smallest absolute Gasteiger partial charge is 0.339 e. The van der Waals surface area contributed by atoms with E-state index in [2.05, 4.69) is 4.99 Å². The van der Waals surface area contributed by atoms with E-state index in [0.29, 0.717) is 5.69 Å². The average Bonchev–Trinajstić information content (AvgIpc) is 2.49. The van der Waals surface area contributed by atoms with E-state index in [1.165, 1.54) is 18.2 Å². The van der Waals surface area contributed by atoms with E-state index in [0.717, 1.165) is 5.56 Å². The molecule has 2 aromatic rings. The third kappa shape index (κ3) is 3.99. The van der Waals surface area contributed by atoms with Crippen molar-refractivity contribution in [1.82, 2.24) is 0 Å². The van der Waals surface area contributed by atoms with Gasteiger partial charge in [0.15, 0.2) is 5.75 Å². The van der Waals surface area contributed by atoms with Crippen LogP contribution in [0.25, 0.3) is 0 Å². The van der Waals surface area contributed by atoms with Crippen molar-refractivity contribution >= 4 is 33.2 Å². The molecule has 0 bridgehead atoms. The molecule has 0 radical (unpaired) electrons. The van der Waals surface area contributed by atoms with Crippen LogP contribution in [0, 0.1) is 6.92 Å². The molecule has 5 nitrogen and oxygen atoms in total. The number of aryl methyl sites for hydroxylation is 1. The van der Waals surface area contributed by atoms with Crippen LogP contribution < -0.4 is 9.92 Å². The summed E-state index contributed by atoms with van der Waals surface area (Å²) < 4.78 is 29.8. The molecule has 116 valence electrons. The summed E-state index contributed by atoms with van der Waals surface area (Å²) in [5.41, 5.74) is 6.84. The van der Waals surface area contributed by atoms with Crippen molar-refractivity contribution in [1.29, 1.82) is 0 Å². The van der Waals surface area contributed by atoms with Gasteiger partial charge in [0.25, 0.3) is 0 Å². The average molecular weight is 339 g/mol. The highest BCUT2D eigenvalue weighted by molar-refractivity contribution is 7.87. The van der Waals surface area contributed by atoms with E-state index in [9.17, 15) is 8.42 Å². The normalized spacial score (nSPS) is 12.2. The minimum absolute atomic E-state index is 0.0407. The molecule has 2 aromatic carbocycles. The van der Waals surface area contributed by atoms with Gasteiger partial charge in [-0.25, -0.2) is 4.99 Å². The number of halogens is 1. The van der Waals surface area contributed by atoms with Crippen molar-refractivity contribution in [2.75, 3.05) is 5.88 Å². The van der Waals surface area contributed by atoms with Crippen LogP contribution in [0.2, 0.25) is 0 Å². The first-order valence-corrected chi connectivity index (χ1v) is 8.36. The van der Waals surface area contributed by atoms with Crippen LogP contribution in [-0.4, -0.2) is 20.1 Å². The topological polar surface area (TPSA) is 81.8 Å². The molecule has 0 aromatic heterocycles. The van der Waals surface area contributed by atoms with E-state index in [-0.39, 0.29) is 22.4 Å². The Morgan fingerprint density at radius 1 is 1.18 bits per heavy atom. The summed E-state index contributed by atoms with van der Waals surface area (Å²) in [7, 11) is -3.94. The van der Waals surface area contributed by atoms with Gasteiger partial charge in [0.2, 0.25) is 0 Å². The van der Waals surface area contributed by atoms with Crippen molar-refractivity contribution in [2.24, 2.45) is 10.7 Å². The Bertz CT molecular complexity index is 787. The number of hydrogen-bond donors (Lipinski definition) is 1. The Kier molecular flexibility index (Phi) is 5.05. The summed E-state index contributed by atoms with van der Waals surface area (Å²) >= 11 is 5.58. The fraction of sp³-hybridized carbons (Fsp3) is 0.133. The molecule has 0 amide bonds. The Balaban J connectivity index is 2.36. The molecule has 0 saturated carbocycles. The second-order valence-corrected chi connectivity index (χ2v) is 6.37. The summed E-state index contributed by atoms with van der Waals surface area (Å²) in [6, 6.07) is 12.8. The fourth-order valence-corrected chi connectivity index (χ4v) is 2.68. The van der Waals surface area contributed by atoms with Crippen LogP contribution in [0.3, 0.4) is 0 Å². The zero-order valence-corrected chi connectivity index (χ0v) is 13.4. The summed E-state index contributed by atoms with van der Waals surface area (Å²) in [6.45, 7) is 1.87. The molecule has 2 N–H and O–H groups in total. The molecule has 0 atom stereocenters. The molecular formula is C15H15ClN2O3S. The molecule has 7 heteroatoms. The van der Waals surface area contributed by atoms with E-state index < -0.39 is 10.1 Å². The van der Waals surface area contributed by atoms with Crippen LogP contribution in [0.5, 0.6) is 5.75 Å². The quantitative estimate of drug-likeness (QED) is 0.393. The number of aliphatic imine (C=N–C) groups is 1. The Morgan fingerprint density at radius 3 is 2.45 bits per heavy atom. The lowest BCUT2D eigenvalue weighted by atomic mass is 10.2. The number of rotatable bonds is 5. The monoisotopic (exact) mass is 338 g/mol. The minimum atomic E-state index is -3.94. The third-order valence-corrected chi connectivity index (χ3v) is 4.30. The molecule has 0 aliphatic rings. The number of nitrogens with zero attached hydrogens (tertiary/aromatic N) is 1. The van der Waals surface area contributed by atoms with Gasteiger partial charge in [0, 0.05) is 0 Å². The van der Waals surface area contributed by atoms with Crippen LogP contribution >= 0.6 is 11.6 Å². The molecule has 0 unspecified atom stereocenters. The highest BCUT2D eigenvalue weighted by Gasteiger charge is 2.18. The lowest BCUT2D eigenvalue weighted by molar-refractivity contribution is 0.486. The first-order valence-electron chi connectivity index (χ1n) is 6.41. The van der Waals surface area contributed by atoms with E-state index in [1.54, 1.807) is 30.3 Å². The standard InChI is InChI=1S/C15H15ClN2O3S/c1-11-6-8-12(9-7-11)22(19,20)21-14-5-3-2-4-13(14)18-15(17)10-16/h2-9H,10H2,1H3,(H2,17,18). The predicted molar refractivity (Wildman–Crippen MR) is 87.4 cm³/mol. The maximum absolute atomic E-state index is 12.3. The van der Waals surface area contributed by atoms with E-state index in [1.807, 2.05) is 6.92 Å². The maximum Gasteiger partial charge on any atom is 0.339 e. The highest BCUT2D eigenvalue weighted by Crippen LogP contribution is 2.29. The Hall–Kier alpha value is -2.05. The molecule has 0 aliphatic carbocycles.